The summed E-state index contributed by atoms with van der Waals surface area (Å²) in [5.74, 6) is -0.493. The molecule has 148 valence electrons. The van der Waals surface area contributed by atoms with E-state index in [2.05, 4.69) is 34.6 Å². The fourth-order valence-electron chi connectivity index (χ4n) is 2.77. The first kappa shape index (κ1) is 21.2. The smallest absolute Gasteiger partial charge is 0.240 e. The number of aryl methyl sites for hydroxylation is 1. The number of amides is 2. The highest BCUT2D eigenvalue weighted by atomic mass is 16.2. The summed E-state index contributed by atoms with van der Waals surface area (Å²) in [5, 5.41) is 6.74. The first-order valence-electron chi connectivity index (χ1n) is 9.55. The quantitative estimate of drug-likeness (QED) is 0.514. The minimum Gasteiger partial charge on any atom is -0.372 e. The van der Waals surface area contributed by atoms with Crippen molar-refractivity contribution < 1.29 is 9.59 Å². The molecule has 0 saturated heterocycles. The molecule has 0 heterocycles. The molecule has 0 radical (unpaired) electrons. The van der Waals surface area contributed by atoms with Crippen LogP contribution in [-0.4, -0.2) is 31.1 Å². The van der Waals surface area contributed by atoms with Gasteiger partial charge in [-0.3, -0.25) is 9.59 Å². The minimum absolute atomic E-state index is 0.0793. The lowest BCUT2D eigenvalue weighted by Gasteiger charge is -2.20. The van der Waals surface area contributed by atoms with Gasteiger partial charge in [-0.2, -0.15) is 5.10 Å². The van der Waals surface area contributed by atoms with Crippen LogP contribution >= 0.6 is 0 Å². The normalized spacial score (nSPS) is 10.7. The molecule has 0 atom stereocenters. The summed E-state index contributed by atoms with van der Waals surface area (Å²) in [6.07, 6.45) is 1.78. The molecule has 0 fully saturated rings. The van der Waals surface area contributed by atoms with Crippen molar-refractivity contribution in [2.24, 2.45) is 5.10 Å². The Morgan fingerprint density at radius 1 is 1.00 bits per heavy atom. The molecule has 0 aliphatic heterocycles. The molecule has 2 aromatic rings. The molecule has 0 aliphatic carbocycles. The summed E-state index contributed by atoms with van der Waals surface area (Å²) in [7, 11) is 0. The maximum atomic E-state index is 11.9. The highest BCUT2D eigenvalue weighted by Crippen LogP contribution is 2.14. The number of nitrogens with one attached hydrogen (secondary N) is 2. The molecule has 6 nitrogen and oxygen atoms in total. The highest BCUT2D eigenvalue weighted by molar-refractivity contribution is 5.93. The molecule has 2 aromatic carbocycles. The van der Waals surface area contributed by atoms with Crippen molar-refractivity contribution in [3.05, 3.63) is 59.7 Å². The first-order chi connectivity index (χ1) is 13.5. The molecule has 0 saturated carbocycles. The van der Waals surface area contributed by atoms with Crippen LogP contribution in [-0.2, 0) is 9.59 Å². The number of hydrazone groups is 1. The van der Waals surface area contributed by atoms with Crippen molar-refractivity contribution in [2.45, 2.75) is 33.6 Å². The summed E-state index contributed by atoms with van der Waals surface area (Å²) in [6.45, 7) is 8.11. The van der Waals surface area contributed by atoms with Crippen molar-refractivity contribution in [1.82, 2.24) is 5.43 Å². The van der Waals surface area contributed by atoms with Gasteiger partial charge < -0.3 is 10.2 Å². The van der Waals surface area contributed by atoms with E-state index in [1.165, 1.54) is 0 Å². The molecule has 2 rings (SSSR count). The Hall–Kier alpha value is -3.15. The third-order valence-corrected chi connectivity index (χ3v) is 4.31. The summed E-state index contributed by atoms with van der Waals surface area (Å²) in [5.41, 5.74) is 6.31. The van der Waals surface area contributed by atoms with E-state index < -0.39 is 0 Å². The van der Waals surface area contributed by atoms with E-state index in [1.54, 1.807) is 6.21 Å². The van der Waals surface area contributed by atoms with E-state index in [-0.39, 0.29) is 24.7 Å². The third kappa shape index (κ3) is 6.87. The zero-order valence-electron chi connectivity index (χ0n) is 16.7. The SMILES string of the molecule is CCN(CC)c1ccc(C=NNC(=O)CCC(=O)Nc2cccc(C)c2)cc1. The Labute approximate surface area is 166 Å². The van der Waals surface area contributed by atoms with Crippen LogP contribution in [0.3, 0.4) is 0 Å². The number of rotatable bonds is 9. The fraction of sp³-hybridized carbons (Fsp3) is 0.318. The largest absolute Gasteiger partial charge is 0.372 e. The van der Waals surface area contributed by atoms with Crippen LogP contribution in [0.4, 0.5) is 11.4 Å². The van der Waals surface area contributed by atoms with Crippen LogP contribution in [0.25, 0.3) is 0 Å². The summed E-state index contributed by atoms with van der Waals surface area (Å²) >= 11 is 0. The maximum absolute atomic E-state index is 11.9. The summed E-state index contributed by atoms with van der Waals surface area (Å²) < 4.78 is 0. The van der Waals surface area contributed by atoms with Crippen LogP contribution in [0.5, 0.6) is 0 Å². The standard InChI is InChI=1S/C22H28N4O2/c1-4-26(5-2)20-11-9-18(10-12-20)16-23-25-22(28)14-13-21(27)24-19-8-6-7-17(3)15-19/h6-12,15-16H,4-5,13-14H2,1-3H3,(H,24,27)(H,25,28). The molecule has 0 bridgehead atoms. The molecule has 2 amide bonds. The van der Waals surface area contributed by atoms with Crippen LogP contribution in [0.15, 0.2) is 53.6 Å². The van der Waals surface area contributed by atoms with Crippen molar-refractivity contribution in [1.29, 1.82) is 0 Å². The van der Waals surface area contributed by atoms with E-state index in [9.17, 15) is 9.59 Å². The molecule has 0 aromatic heterocycles. The number of hydrogen-bond donors (Lipinski definition) is 2. The first-order valence-corrected chi connectivity index (χ1v) is 9.55. The van der Waals surface area contributed by atoms with Crippen molar-refractivity contribution >= 4 is 29.4 Å². The Balaban J connectivity index is 1.75. The zero-order chi connectivity index (χ0) is 20.4. The topological polar surface area (TPSA) is 73.8 Å². The van der Waals surface area contributed by atoms with Gasteiger partial charge in [0.1, 0.15) is 0 Å². The number of carbonyl (C=O) groups is 2. The van der Waals surface area contributed by atoms with E-state index in [4.69, 9.17) is 0 Å². The molecular formula is C22H28N4O2. The fourth-order valence-corrected chi connectivity index (χ4v) is 2.77. The van der Waals surface area contributed by atoms with Gasteiger partial charge in [0.2, 0.25) is 11.8 Å². The molecule has 2 N–H and O–H groups in total. The number of carbonyl (C=O) groups excluding carboxylic acids is 2. The Kier molecular flexibility index (Phi) is 8.21. The second-order valence-electron chi connectivity index (χ2n) is 6.47. The number of hydrogen-bond acceptors (Lipinski definition) is 4. The van der Waals surface area contributed by atoms with Gasteiger partial charge in [0.05, 0.1) is 6.21 Å². The van der Waals surface area contributed by atoms with Gasteiger partial charge in [-0.1, -0.05) is 24.3 Å². The maximum Gasteiger partial charge on any atom is 0.240 e. The molecule has 28 heavy (non-hydrogen) atoms. The summed E-state index contributed by atoms with van der Waals surface area (Å²) in [6, 6.07) is 15.5. The molecular weight excluding hydrogens is 352 g/mol. The van der Waals surface area contributed by atoms with Crippen molar-refractivity contribution in [3.63, 3.8) is 0 Å². The van der Waals surface area contributed by atoms with Crippen LogP contribution in [0.1, 0.15) is 37.8 Å². The Morgan fingerprint density at radius 3 is 2.32 bits per heavy atom. The lowest BCUT2D eigenvalue weighted by molar-refractivity contribution is -0.124. The predicted octanol–water partition coefficient (Wildman–Crippen LogP) is 3.71. The van der Waals surface area contributed by atoms with Crippen LogP contribution in [0, 0.1) is 6.92 Å². The van der Waals surface area contributed by atoms with E-state index in [1.807, 2.05) is 55.5 Å². The monoisotopic (exact) mass is 380 g/mol. The number of nitrogens with zero attached hydrogens (tertiary/aromatic N) is 2. The van der Waals surface area contributed by atoms with Crippen molar-refractivity contribution in [3.8, 4) is 0 Å². The highest BCUT2D eigenvalue weighted by Gasteiger charge is 2.07. The van der Waals surface area contributed by atoms with Gasteiger partial charge in [0.15, 0.2) is 0 Å². The molecule has 6 heteroatoms. The van der Waals surface area contributed by atoms with Gasteiger partial charge >= 0.3 is 0 Å². The lowest BCUT2D eigenvalue weighted by Crippen LogP contribution is -2.21. The second-order valence-corrected chi connectivity index (χ2v) is 6.47. The van der Waals surface area contributed by atoms with Crippen LogP contribution in [0.2, 0.25) is 0 Å². The zero-order valence-corrected chi connectivity index (χ0v) is 16.7. The molecule has 0 unspecified atom stereocenters. The number of benzene rings is 2. The molecule has 0 spiro atoms. The van der Waals surface area contributed by atoms with Gasteiger partial charge in [-0.15, -0.1) is 0 Å². The average Bonchev–Trinajstić information content (AvgIpc) is 2.68. The minimum atomic E-state index is -0.296. The number of anilines is 2. The van der Waals surface area contributed by atoms with Crippen molar-refractivity contribution in [2.75, 3.05) is 23.3 Å². The Morgan fingerprint density at radius 2 is 1.68 bits per heavy atom. The molecule has 0 aliphatic rings. The van der Waals surface area contributed by atoms with E-state index in [0.717, 1.165) is 35.6 Å². The summed E-state index contributed by atoms with van der Waals surface area (Å²) in [4.78, 5) is 26.0. The van der Waals surface area contributed by atoms with Gasteiger partial charge in [0.25, 0.3) is 0 Å². The Bertz CT molecular complexity index is 812. The predicted molar refractivity (Wildman–Crippen MR) is 115 cm³/mol. The van der Waals surface area contributed by atoms with Gasteiger partial charge in [-0.25, -0.2) is 5.43 Å². The van der Waals surface area contributed by atoms with Gasteiger partial charge in [-0.05, 0) is 56.2 Å². The van der Waals surface area contributed by atoms with Crippen LogP contribution < -0.4 is 15.6 Å². The lowest BCUT2D eigenvalue weighted by atomic mass is 10.2. The van der Waals surface area contributed by atoms with Gasteiger partial charge in [0, 0.05) is 37.3 Å². The van der Waals surface area contributed by atoms with E-state index >= 15 is 0 Å². The average molecular weight is 380 g/mol. The second kappa shape index (κ2) is 10.9. The van der Waals surface area contributed by atoms with E-state index in [0.29, 0.717) is 0 Å². The third-order valence-electron chi connectivity index (χ3n) is 4.31.